The zero-order valence-corrected chi connectivity index (χ0v) is 14.6. The molecule has 0 radical (unpaired) electrons. The Morgan fingerprint density at radius 2 is 2.04 bits per heavy atom. The molecular formula is C18H23N5O2. The number of aromatic nitrogens is 3. The molecule has 1 aliphatic heterocycles. The number of nitrogens with zero attached hydrogens (tertiary/aromatic N) is 3. The van der Waals surface area contributed by atoms with Crippen molar-refractivity contribution in [3.8, 4) is 0 Å². The third-order valence-corrected chi connectivity index (χ3v) is 4.42. The molecule has 25 heavy (non-hydrogen) atoms. The first-order valence-corrected chi connectivity index (χ1v) is 8.58. The van der Waals surface area contributed by atoms with Crippen LogP contribution in [0.4, 0.5) is 0 Å². The summed E-state index contributed by atoms with van der Waals surface area (Å²) in [6, 6.07) is 7.30. The highest BCUT2D eigenvalue weighted by atomic mass is 16.2. The van der Waals surface area contributed by atoms with E-state index in [0.717, 1.165) is 30.7 Å². The highest BCUT2D eigenvalue weighted by Gasteiger charge is 2.31. The average molecular weight is 341 g/mol. The molecule has 0 aliphatic carbocycles. The van der Waals surface area contributed by atoms with Gasteiger partial charge in [-0.25, -0.2) is 4.98 Å². The Balaban J connectivity index is 1.74. The predicted molar refractivity (Wildman–Crippen MR) is 92.7 cm³/mol. The predicted octanol–water partition coefficient (Wildman–Crippen LogP) is 2.12. The molecule has 1 aromatic heterocycles. The molecule has 132 valence electrons. The zero-order chi connectivity index (χ0) is 17.8. The number of hydrogen-bond acceptors (Lipinski definition) is 4. The molecular weight excluding hydrogens is 318 g/mol. The van der Waals surface area contributed by atoms with E-state index in [0.29, 0.717) is 24.5 Å². The molecule has 1 fully saturated rings. The number of likely N-dealkylation sites (tertiary alicyclic amines) is 1. The van der Waals surface area contributed by atoms with Crippen LogP contribution in [0.3, 0.4) is 0 Å². The van der Waals surface area contributed by atoms with Gasteiger partial charge in [-0.1, -0.05) is 12.1 Å². The van der Waals surface area contributed by atoms with E-state index >= 15 is 0 Å². The smallest absolute Gasteiger partial charge is 0.254 e. The van der Waals surface area contributed by atoms with Crippen LogP contribution in [0.2, 0.25) is 0 Å². The number of rotatable bonds is 4. The van der Waals surface area contributed by atoms with Crippen molar-refractivity contribution in [2.24, 2.45) is 0 Å². The molecule has 1 saturated heterocycles. The van der Waals surface area contributed by atoms with Gasteiger partial charge in [-0.2, -0.15) is 5.10 Å². The van der Waals surface area contributed by atoms with Gasteiger partial charge in [0.25, 0.3) is 5.91 Å². The summed E-state index contributed by atoms with van der Waals surface area (Å²) in [6.45, 7) is 4.52. The van der Waals surface area contributed by atoms with Crippen LogP contribution in [0.5, 0.6) is 0 Å². The van der Waals surface area contributed by atoms with E-state index in [9.17, 15) is 9.59 Å². The number of amides is 2. The van der Waals surface area contributed by atoms with Crippen LogP contribution < -0.4 is 5.32 Å². The van der Waals surface area contributed by atoms with Gasteiger partial charge in [0.15, 0.2) is 5.82 Å². The Kier molecular flexibility index (Phi) is 5.11. The van der Waals surface area contributed by atoms with Crippen LogP contribution >= 0.6 is 0 Å². The summed E-state index contributed by atoms with van der Waals surface area (Å²) in [5.74, 6) is 1.37. The van der Waals surface area contributed by atoms with Gasteiger partial charge in [0.05, 0.1) is 6.04 Å². The second-order valence-electron chi connectivity index (χ2n) is 6.40. The van der Waals surface area contributed by atoms with Crippen molar-refractivity contribution in [3.05, 3.63) is 47.0 Å². The van der Waals surface area contributed by atoms with Gasteiger partial charge >= 0.3 is 0 Å². The largest absolute Gasteiger partial charge is 0.352 e. The third kappa shape index (κ3) is 4.04. The first kappa shape index (κ1) is 17.1. The molecule has 2 aromatic rings. The molecule has 1 aromatic carbocycles. The van der Waals surface area contributed by atoms with Gasteiger partial charge in [-0.05, 0) is 43.9 Å². The Morgan fingerprint density at radius 3 is 2.68 bits per heavy atom. The Hall–Kier alpha value is -2.70. The minimum Gasteiger partial charge on any atom is -0.352 e. The summed E-state index contributed by atoms with van der Waals surface area (Å²) in [5.41, 5.74) is 1.61. The maximum absolute atomic E-state index is 13.0. The molecule has 0 spiro atoms. The number of benzene rings is 1. The van der Waals surface area contributed by atoms with E-state index in [1.54, 1.807) is 0 Å². The molecule has 0 bridgehead atoms. The second-order valence-corrected chi connectivity index (χ2v) is 6.40. The van der Waals surface area contributed by atoms with Gasteiger partial charge < -0.3 is 10.2 Å². The van der Waals surface area contributed by atoms with Crippen molar-refractivity contribution in [1.29, 1.82) is 0 Å². The summed E-state index contributed by atoms with van der Waals surface area (Å²) in [6.07, 6.45) is 2.94. The Morgan fingerprint density at radius 1 is 1.28 bits per heavy atom. The maximum atomic E-state index is 13.0. The first-order valence-electron chi connectivity index (χ1n) is 8.58. The first-order chi connectivity index (χ1) is 12.0. The molecule has 1 atom stereocenters. The van der Waals surface area contributed by atoms with Crippen molar-refractivity contribution in [1.82, 2.24) is 25.4 Å². The zero-order valence-electron chi connectivity index (χ0n) is 14.6. The summed E-state index contributed by atoms with van der Waals surface area (Å²) in [5, 5.41) is 9.86. The van der Waals surface area contributed by atoms with Crippen molar-refractivity contribution in [2.75, 3.05) is 6.54 Å². The number of piperidine rings is 1. The minimum atomic E-state index is -0.0785. The van der Waals surface area contributed by atoms with E-state index in [4.69, 9.17) is 0 Å². The minimum absolute atomic E-state index is 0.00164. The lowest BCUT2D eigenvalue weighted by molar-refractivity contribution is -0.119. The molecule has 0 saturated carbocycles. The third-order valence-electron chi connectivity index (χ3n) is 4.42. The van der Waals surface area contributed by atoms with E-state index in [2.05, 4.69) is 20.5 Å². The average Bonchev–Trinajstić information content (AvgIpc) is 3.06. The normalized spacial score (nSPS) is 17.4. The lowest BCUT2D eigenvalue weighted by atomic mass is 10.00. The van der Waals surface area contributed by atoms with Gasteiger partial charge in [-0.3, -0.25) is 14.7 Å². The fourth-order valence-corrected chi connectivity index (χ4v) is 3.11. The van der Waals surface area contributed by atoms with Gasteiger partial charge in [0, 0.05) is 25.6 Å². The topological polar surface area (TPSA) is 91.0 Å². The van der Waals surface area contributed by atoms with Crippen molar-refractivity contribution in [3.63, 3.8) is 0 Å². The number of carbonyl (C=O) groups is 2. The van der Waals surface area contributed by atoms with Crippen LogP contribution in [0.25, 0.3) is 0 Å². The molecule has 1 aliphatic rings. The molecule has 7 heteroatoms. The highest BCUT2D eigenvalue weighted by molar-refractivity contribution is 5.94. The molecule has 2 heterocycles. The van der Waals surface area contributed by atoms with E-state index < -0.39 is 0 Å². The van der Waals surface area contributed by atoms with Crippen molar-refractivity contribution >= 4 is 11.8 Å². The monoisotopic (exact) mass is 341 g/mol. The number of aromatic amines is 1. The van der Waals surface area contributed by atoms with Gasteiger partial charge in [0.2, 0.25) is 5.91 Å². The van der Waals surface area contributed by atoms with Crippen molar-refractivity contribution < 1.29 is 9.59 Å². The van der Waals surface area contributed by atoms with Gasteiger partial charge in [0.1, 0.15) is 5.82 Å². The number of carbonyl (C=O) groups excluding carboxylic acids is 2. The Bertz CT molecular complexity index is 753. The summed E-state index contributed by atoms with van der Waals surface area (Å²) in [4.78, 5) is 30.2. The molecule has 2 amide bonds. The number of nitrogens with one attached hydrogen (secondary N) is 2. The molecule has 7 nitrogen and oxygen atoms in total. The van der Waals surface area contributed by atoms with Crippen molar-refractivity contribution in [2.45, 2.75) is 45.7 Å². The fourth-order valence-electron chi connectivity index (χ4n) is 3.11. The maximum Gasteiger partial charge on any atom is 0.254 e. The van der Waals surface area contributed by atoms with Crippen LogP contribution in [-0.4, -0.2) is 38.4 Å². The molecule has 3 rings (SSSR count). The molecule has 2 N–H and O–H groups in total. The lowest BCUT2D eigenvalue weighted by Gasteiger charge is -2.34. The van der Waals surface area contributed by atoms with Crippen LogP contribution in [0.15, 0.2) is 24.3 Å². The molecule has 0 unspecified atom stereocenters. The van der Waals surface area contributed by atoms with Gasteiger partial charge in [-0.15, -0.1) is 0 Å². The van der Waals surface area contributed by atoms with E-state index in [-0.39, 0.29) is 17.9 Å². The van der Waals surface area contributed by atoms with Crippen LogP contribution in [-0.2, 0) is 11.3 Å². The quantitative estimate of drug-likeness (QED) is 0.891. The standard InChI is InChI=1S/C18H23N5O2/c1-12-20-17(22-21-12)16-5-3-4-10-23(16)18(25)15-8-6-14(7-9-15)11-19-13(2)24/h6-9,16H,3-5,10-11H2,1-2H3,(H,19,24)(H,20,21,22)/t16-/m1/s1. The summed E-state index contributed by atoms with van der Waals surface area (Å²) >= 11 is 0. The lowest BCUT2D eigenvalue weighted by Crippen LogP contribution is -2.39. The summed E-state index contributed by atoms with van der Waals surface area (Å²) < 4.78 is 0. The van der Waals surface area contributed by atoms with Crippen LogP contribution in [0, 0.1) is 6.92 Å². The SMILES string of the molecule is CC(=O)NCc1ccc(C(=O)N2CCCC[C@@H]2c2n[nH]c(C)n2)cc1. The Labute approximate surface area is 146 Å². The number of aryl methyl sites for hydroxylation is 1. The van der Waals surface area contributed by atoms with E-state index in [1.165, 1.54) is 6.92 Å². The number of hydrogen-bond donors (Lipinski definition) is 2. The highest BCUT2D eigenvalue weighted by Crippen LogP contribution is 2.30. The number of H-pyrrole nitrogens is 1. The second kappa shape index (κ2) is 7.46. The van der Waals surface area contributed by atoms with E-state index in [1.807, 2.05) is 36.1 Å². The van der Waals surface area contributed by atoms with Crippen LogP contribution in [0.1, 0.15) is 59.8 Å². The fraction of sp³-hybridized carbons (Fsp3) is 0.444. The summed E-state index contributed by atoms with van der Waals surface area (Å²) in [7, 11) is 0.